The lowest BCUT2D eigenvalue weighted by Crippen LogP contribution is -2.17. The van der Waals surface area contributed by atoms with Crippen molar-refractivity contribution in [3.8, 4) is 0 Å². The summed E-state index contributed by atoms with van der Waals surface area (Å²) in [5.74, 6) is 1.95. The van der Waals surface area contributed by atoms with Crippen LogP contribution in [-0.4, -0.2) is 12.8 Å². The quantitative estimate of drug-likeness (QED) is 0.546. The van der Waals surface area contributed by atoms with E-state index in [1.807, 2.05) is 0 Å². The maximum atomic E-state index is 4.31. The molecule has 0 N–H and O–H groups in total. The largest absolute Gasteiger partial charge is 0.297 e. The Hall–Kier alpha value is -0.330. The first-order chi connectivity index (χ1) is 5.47. The van der Waals surface area contributed by atoms with Gasteiger partial charge in [0, 0.05) is 6.54 Å². The molecule has 11 heavy (non-hydrogen) atoms. The molecule has 1 aliphatic heterocycles. The molecule has 2 aliphatic rings. The van der Waals surface area contributed by atoms with Crippen molar-refractivity contribution in [3.05, 3.63) is 0 Å². The summed E-state index contributed by atoms with van der Waals surface area (Å²) in [5, 5.41) is 0. The van der Waals surface area contributed by atoms with Gasteiger partial charge in [-0.2, -0.15) is 0 Å². The van der Waals surface area contributed by atoms with E-state index in [4.69, 9.17) is 0 Å². The van der Waals surface area contributed by atoms with Crippen LogP contribution in [0.2, 0.25) is 0 Å². The van der Waals surface area contributed by atoms with Crippen molar-refractivity contribution in [3.63, 3.8) is 0 Å². The Morgan fingerprint density at radius 3 is 2.45 bits per heavy atom. The first-order valence-corrected chi connectivity index (χ1v) is 4.95. The Bertz CT molecular complexity index is 137. The van der Waals surface area contributed by atoms with Crippen molar-refractivity contribution < 1.29 is 0 Å². The zero-order valence-electron chi connectivity index (χ0n) is 7.13. The Kier molecular flexibility index (Phi) is 2.25. The van der Waals surface area contributed by atoms with Crippen LogP contribution in [0, 0.1) is 11.8 Å². The molecule has 62 valence electrons. The molecule has 0 aromatic rings. The Balaban J connectivity index is 1.83. The van der Waals surface area contributed by atoms with Crippen molar-refractivity contribution >= 4 is 6.21 Å². The van der Waals surface area contributed by atoms with Crippen molar-refractivity contribution in [2.45, 2.75) is 38.5 Å². The van der Waals surface area contributed by atoms with Crippen LogP contribution in [0.25, 0.3) is 0 Å². The average Bonchev–Trinajstić information content (AvgIpc) is 2.58. The van der Waals surface area contributed by atoms with Crippen molar-refractivity contribution in [2.75, 3.05) is 6.54 Å². The Morgan fingerprint density at radius 1 is 1.00 bits per heavy atom. The van der Waals surface area contributed by atoms with Gasteiger partial charge in [0.2, 0.25) is 0 Å². The fourth-order valence-electron chi connectivity index (χ4n) is 2.44. The van der Waals surface area contributed by atoms with Crippen LogP contribution in [0.15, 0.2) is 4.99 Å². The summed E-state index contributed by atoms with van der Waals surface area (Å²) in [6.45, 7) is 1.13. The lowest BCUT2D eigenvalue weighted by Gasteiger charge is -2.26. The third kappa shape index (κ3) is 1.63. The molecule has 1 nitrogen and oxygen atoms in total. The van der Waals surface area contributed by atoms with E-state index in [-0.39, 0.29) is 0 Å². The topological polar surface area (TPSA) is 12.4 Å². The Morgan fingerprint density at radius 2 is 1.82 bits per heavy atom. The van der Waals surface area contributed by atoms with E-state index < -0.39 is 0 Å². The minimum Gasteiger partial charge on any atom is -0.297 e. The van der Waals surface area contributed by atoms with Gasteiger partial charge < -0.3 is 0 Å². The highest BCUT2D eigenvalue weighted by atomic mass is 14.7. The summed E-state index contributed by atoms with van der Waals surface area (Å²) in [6.07, 6.45) is 10.8. The van der Waals surface area contributed by atoms with E-state index in [1.165, 1.54) is 38.5 Å². The second-order valence-corrected chi connectivity index (χ2v) is 3.94. The van der Waals surface area contributed by atoms with Gasteiger partial charge in [0.25, 0.3) is 0 Å². The van der Waals surface area contributed by atoms with Crippen molar-refractivity contribution in [2.24, 2.45) is 16.8 Å². The molecule has 0 radical (unpaired) electrons. The average molecular weight is 151 g/mol. The van der Waals surface area contributed by atoms with Crippen LogP contribution in [0.5, 0.6) is 0 Å². The smallest absolute Gasteiger partial charge is 0.0419 e. The van der Waals surface area contributed by atoms with Crippen LogP contribution >= 0.6 is 0 Å². The predicted octanol–water partition coefficient (Wildman–Crippen LogP) is 2.66. The van der Waals surface area contributed by atoms with Gasteiger partial charge in [0.05, 0.1) is 0 Å². The molecule has 1 fully saturated rings. The van der Waals surface area contributed by atoms with E-state index in [0.29, 0.717) is 0 Å². The van der Waals surface area contributed by atoms with Crippen LogP contribution in [0.3, 0.4) is 0 Å². The number of nitrogens with zero attached hydrogens (tertiary/aromatic N) is 1. The summed E-state index contributed by atoms with van der Waals surface area (Å²) < 4.78 is 0. The van der Waals surface area contributed by atoms with Crippen LogP contribution in [0.1, 0.15) is 38.5 Å². The molecule has 0 saturated heterocycles. The zero-order chi connectivity index (χ0) is 7.52. The van der Waals surface area contributed by atoms with Gasteiger partial charge >= 0.3 is 0 Å². The summed E-state index contributed by atoms with van der Waals surface area (Å²) >= 11 is 0. The molecule has 0 amide bonds. The molecule has 1 heterocycles. The molecule has 1 atom stereocenters. The number of hydrogen-bond acceptors (Lipinski definition) is 1. The molecule has 0 aromatic heterocycles. The van der Waals surface area contributed by atoms with Gasteiger partial charge in [0.1, 0.15) is 0 Å². The van der Waals surface area contributed by atoms with Gasteiger partial charge in [-0.1, -0.05) is 32.1 Å². The van der Waals surface area contributed by atoms with E-state index in [0.717, 1.165) is 18.4 Å². The van der Waals surface area contributed by atoms with Gasteiger partial charge in [-0.3, -0.25) is 4.99 Å². The minimum atomic E-state index is 0.926. The van der Waals surface area contributed by atoms with Crippen LogP contribution in [-0.2, 0) is 0 Å². The summed E-state index contributed by atoms with van der Waals surface area (Å²) in [4.78, 5) is 4.31. The molecule has 1 aliphatic carbocycles. The van der Waals surface area contributed by atoms with Gasteiger partial charge in [-0.25, -0.2) is 0 Å². The number of aliphatic imine (C=N–C) groups is 1. The van der Waals surface area contributed by atoms with Crippen LogP contribution < -0.4 is 0 Å². The normalized spacial score (nSPS) is 32.9. The molecule has 1 saturated carbocycles. The van der Waals surface area contributed by atoms with E-state index in [1.54, 1.807) is 0 Å². The fraction of sp³-hybridized carbons (Fsp3) is 0.900. The lowest BCUT2D eigenvalue weighted by molar-refractivity contribution is 0.267. The SMILES string of the molecule is C1=NCC(C2CCCCC2)C1. The second-order valence-electron chi connectivity index (χ2n) is 3.94. The first-order valence-electron chi connectivity index (χ1n) is 4.95. The third-order valence-corrected chi connectivity index (χ3v) is 3.19. The molecule has 1 heteroatoms. The minimum absolute atomic E-state index is 0.926. The van der Waals surface area contributed by atoms with Gasteiger partial charge in [-0.15, -0.1) is 0 Å². The van der Waals surface area contributed by atoms with Crippen molar-refractivity contribution in [1.29, 1.82) is 0 Å². The van der Waals surface area contributed by atoms with Gasteiger partial charge in [0.15, 0.2) is 0 Å². The molecule has 0 bridgehead atoms. The van der Waals surface area contributed by atoms with Crippen LogP contribution in [0.4, 0.5) is 0 Å². The molecular weight excluding hydrogens is 134 g/mol. The zero-order valence-corrected chi connectivity index (χ0v) is 7.13. The summed E-state index contributed by atoms with van der Waals surface area (Å²) in [6, 6.07) is 0. The molecule has 0 aromatic carbocycles. The summed E-state index contributed by atoms with van der Waals surface area (Å²) in [5.41, 5.74) is 0. The molecule has 2 rings (SSSR count). The molecular formula is C10H17N. The Labute approximate surface area is 68.9 Å². The fourth-order valence-corrected chi connectivity index (χ4v) is 2.44. The highest BCUT2D eigenvalue weighted by Gasteiger charge is 2.24. The standard InChI is InChI=1S/C10H17N/c1-2-4-9(5-3-1)10-6-7-11-8-10/h7,9-10H,1-6,8H2. The maximum Gasteiger partial charge on any atom is 0.0419 e. The third-order valence-electron chi connectivity index (χ3n) is 3.19. The first kappa shape index (κ1) is 7.33. The lowest BCUT2D eigenvalue weighted by atomic mass is 9.79. The molecule has 0 spiro atoms. The highest BCUT2D eigenvalue weighted by molar-refractivity contribution is 5.59. The monoisotopic (exact) mass is 151 g/mol. The maximum absolute atomic E-state index is 4.31. The highest BCUT2D eigenvalue weighted by Crippen LogP contribution is 2.32. The summed E-state index contributed by atoms with van der Waals surface area (Å²) in [7, 11) is 0. The van der Waals surface area contributed by atoms with E-state index in [9.17, 15) is 0 Å². The number of rotatable bonds is 1. The second kappa shape index (κ2) is 3.38. The number of hydrogen-bond donors (Lipinski definition) is 0. The predicted molar refractivity (Wildman–Crippen MR) is 48.0 cm³/mol. The van der Waals surface area contributed by atoms with E-state index >= 15 is 0 Å². The van der Waals surface area contributed by atoms with Crippen molar-refractivity contribution in [1.82, 2.24) is 0 Å². The molecule has 1 unspecified atom stereocenters. The van der Waals surface area contributed by atoms with Gasteiger partial charge in [-0.05, 0) is 24.5 Å². The van der Waals surface area contributed by atoms with E-state index in [2.05, 4.69) is 11.2 Å².